The lowest BCUT2D eigenvalue weighted by Gasteiger charge is -2.05. The van der Waals surface area contributed by atoms with Crippen LogP contribution >= 0.6 is 0 Å². The molecule has 0 aliphatic rings. The zero-order valence-electron chi connectivity index (χ0n) is 11.1. The number of ether oxygens (including phenoxy) is 2. The van der Waals surface area contributed by atoms with Crippen molar-refractivity contribution < 1.29 is 18.7 Å². The van der Waals surface area contributed by atoms with Crippen molar-refractivity contribution >= 4 is 5.97 Å². The van der Waals surface area contributed by atoms with Crippen molar-refractivity contribution in [2.75, 3.05) is 20.3 Å². The van der Waals surface area contributed by atoms with Crippen LogP contribution in [-0.4, -0.2) is 26.3 Å². The van der Waals surface area contributed by atoms with Crippen molar-refractivity contribution in [3.8, 4) is 11.1 Å². The molecule has 2 aromatic rings. The Labute approximate surface area is 117 Å². The third-order valence-corrected chi connectivity index (χ3v) is 2.82. The van der Waals surface area contributed by atoms with Gasteiger partial charge in [0, 0.05) is 7.11 Å². The Bertz CT molecular complexity index is 561. The fourth-order valence-corrected chi connectivity index (χ4v) is 1.74. The molecule has 0 fully saturated rings. The molecule has 0 aliphatic heterocycles. The van der Waals surface area contributed by atoms with Crippen molar-refractivity contribution in [2.24, 2.45) is 0 Å². The zero-order chi connectivity index (χ0) is 14.4. The Morgan fingerprint density at radius 2 is 1.50 bits per heavy atom. The molecule has 3 nitrogen and oxygen atoms in total. The number of methoxy groups -OCH3 is 1. The molecule has 0 aliphatic carbocycles. The van der Waals surface area contributed by atoms with E-state index in [4.69, 9.17) is 9.47 Å². The van der Waals surface area contributed by atoms with E-state index in [1.165, 1.54) is 12.1 Å². The van der Waals surface area contributed by atoms with Crippen LogP contribution in [0.15, 0.2) is 48.5 Å². The predicted octanol–water partition coefficient (Wildman–Crippen LogP) is 3.30. The Kier molecular flexibility index (Phi) is 4.85. The molecule has 20 heavy (non-hydrogen) atoms. The van der Waals surface area contributed by atoms with Gasteiger partial charge in [-0.05, 0) is 35.4 Å². The van der Waals surface area contributed by atoms with E-state index in [0.29, 0.717) is 12.2 Å². The molecule has 0 saturated heterocycles. The van der Waals surface area contributed by atoms with E-state index in [9.17, 15) is 9.18 Å². The fraction of sp³-hybridized carbons (Fsp3) is 0.188. The average Bonchev–Trinajstić information content (AvgIpc) is 2.48. The van der Waals surface area contributed by atoms with E-state index < -0.39 is 0 Å². The number of hydrogen-bond donors (Lipinski definition) is 0. The summed E-state index contributed by atoms with van der Waals surface area (Å²) in [5, 5.41) is 0. The molecule has 0 radical (unpaired) electrons. The smallest absolute Gasteiger partial charge is 0.338 e. The van der Waals surface area contributed by atoms with E-state index in [0.717, 1.165) is 11.1 Å². The normalized spacial score (nSPS) is 10.3. The quantitative estimate of drug-likeness (QED) is 0.620. The van der Waals surface area contributed by atoms with Gasteiger partial charge >= 0.3 is 5.97 Å². The Hall–Kier alpha value is -2.20. The van der Waals surface area contributed by atoms with E-state index in [-0.39, 0.29) is 18.4 Å². The summed E-state index contributed by atoms with van der Waals surface area (Å²) in [6, 6.07) is 13.2. The lowest BCUT2D eigenvalue weighted by Crippen LogP contribution is -2.09. The molecule has 104 valence electrons. The lowest BCUT2D eigenvalue weighted by atomic mass is 10.0. The van der Waals surface area contributed by atoms with E-state index in [2.05, 4.69) is 0 Å². The van der Waals surface area contributed by atoms with Crippen LogP contribution in [-0.2, 0) is 9.47 Å². The Balaban J connectivity index is 2.06. The van der Waals surface area contributed by atoms with Crippen LogP contribution < -0.4 is 0 Å². The summed E-state index contributed by atoms with van der Waals surface area (Å²) in [5.41, 5.74) is 2.29. The lowest BCUT2D eigenvalue weighted by molar-refractivity contribution is 0.0388. The maximum Gasteiger partial charge on any atom is 0.338 e. The number of esters is 1. The first kappa shape index (κ1) is 14.2. The van der Waals surface area contributed by atoms with E-state index >= 15 is 0 Å². The van der Waals surface area contributed by atoms with Gasteiger partial charge in [-0.1, -0.05) is 24.3 Å². The summed E-state index contributed by atoms with van der Waals surface area (Å²) in [4.78, 5) is 11.7. The second kappa shape index (κ2) is 6.82. The maximum atomic E-state index is 12.8. The van der Waals surface area contributed by atoms with Crippen LogP contribution in [0.1, 0.15) is 10.4 Å². The standard InChI is InChI=1S/C16H15FO3/c1-19-10-11-20-16(18)14-4-2-12(3-5-14)13-6-8-15(17)9-7-13/h2-9H,10-11H2,1H3. The van der Waals surface area contributed by atoms with Crippen LogP contribution in [0, 0.1) is 5.82 Å². The van der Waals surface area contributed by atoms with Crippen LogP contribution in [0.25, 0.3) is 11.1 Å². The molecule has 0 saturated carbocycles. The molecule has 0 N–H and O–H groups in total. The van der Waals surface area contributed by atoms with Gasteiger partial charge in [0.2, 0.25) is 0 Å². The van der Waals surface area contributed by atoms with Gasteiger partial charge in [-0.25, -0.2) is 9.18 Å². The summed E-state index contributed by atoms with van der Waals surface area (Å²) >= 11 is 0. The van der Waals surface area contributed by atoms with Crippen LogP contribution in [0.5, 0.6) is 0 Å². The molecule has 0 amide bonds. The number of hydrogen-bond acceptors (Lipinski definition) is 3. The molecular formula is C16H15FO3. The molecule has 2 aromatic carbocycles. The van der Waals surface area contributed by atoms with E-state index in [1.807, 2.05) is 0 Å². The third kappa shape index (κ3) is 3.65. The van der Waals surface area contributed by atoms with Gasteiger partial charge in [0.15, 0.2) is 0 Å². The first-order valence-corrected chi connectivity index (χ1v) is 6.23. The van der Waals surface area contributed by atoms with Crippen LogP contribution in [0.3, 0.4) is 0 Å². The molecule has 4 heteroatoms. The third-order valence-electron chi connectivity index (χ3n) is 2.82. The fourth-order valence-electron chi connectivity index (χ4n) is 1.74. The van der Waals surface area contributed by atoms with Gasteiger partial charge in [-0.3, -0.25) is 0 Å². The summed E-state index contributed by atoms with van der Waals surface area (Å²) in [6.45, 7) is 0.606. The van der Waals surface area contributed by atoms with Crippen molar-refractivity contribution in [2.45, 2.75) is 0 Å². The summed E-state index contributed by atoms with van der Waals surface area (Å²) in [6.07, 6.45) is 0. The topological polar surface area (TPSA) is 35.5 Å². The van der Waals surface area contributed by atoms with Gasteiger partial charge < -0.3 is 9.47 Å². The number of carbonyl (C=O) groups is 1. The first-order chi connectivity index (χ1) is 9.70. The molecule has 0 spiro atoms. The van der Waals surface area contributed by atoms with Crippen molar-refractivity contribution in [1.82, 2.24) is 0 Å². The highest BCUT2D eigenvalue weighted by Crippen LogP contribution is 2.20. The molecule has 0 heterocycles. The average molecular weight is 274 g/mol. The minimum absolute atomic E-state index is 0.231. The Morgan fingerprint density at radius 1 is 0.950 bits per heavy atom. The number of halogens is 1. The van der Waals surface area contributed by atoms with Gasteiger partial charge in [-0.15, -0.1) is 0 Å². The van der Waals surface area contributed by atoms with Crippen LogP contribution in [0.4, 0.5) is 4.39 Å². The zero-order valence-corrected chi connectivity index (χ0v) is 11.1. The summed E-state index contributed by atoms with van der Waals surface area (Å²) < 4.78 is 22.7. The van der Waals surface area contributed by atoms with Gasteiger partial charge in [0.05, 0.1) is 12.2 Å². The largest absolute Gasteiger partial charge is 0.460 e. The summed E-state index contributed by atoms with van der Waals surface area (Å²) in [7, 11) is 1.55. The van der Waals surface area contributed by atoms with Crippen molar-refractivity contribution in [3.05, 3.63) is 59.9 Å². The SMILES string of the molecule is COCCOC(=O)c1ccc(-c2ccc(F)cc2)cc1. The predicted molar refractivity (Wildman–Crippen MR) is 74.0 cm³/mol. The molecule has 0 atom stereocenters. The van der Waals surface area contributed by atoms with Gasteiger partial charge in [0.25, 0.3) is 0 Å². The Morgan fingerprint density at radius 3 is 2.05 bits per heavy atom. The summed E-state index contributed by atoms with van der Waals surface area (Å²) in [5.74, 6) is -0.653. The van der Waals surface area contributed by atoms with Gasteiger partial charge in [-0.2, -0.15) is 0 Å². The second-order valence-corrected chi connectivity index (χ2v) is 4.21. The highest BCUT2D eigenvalue weighted by Gasteiger charge is 2.07. The number of benzene rings is 2. The maximum absolute atomic E-state index is 12.8. The van der Waals surface area contributed by atoms with Crippen molar-refractivity contribution in [1.29, 1.82) is 0 Å². The molecule has 2 rings (SSSR count). The highest BCUT2D eigenvalue weighted by atomic mass is 19.1. The molecule has 0 bridgehead atoms. The minimum atomic E-state index is -0.382. The second-order valence-electron chi connectivity index (χ2n) is 4.21. The van der Waals surface area contributed by atoms with Gasteiger partial charge in [0.1, 0.15) is 12.4 Å². The highest BCUT2D eigenvalue weighted by molar-refractivity contribution is 5.90. The molecular weight excluding hydrogens is 259 g/mol. The monoisotopic (exact) mass is 274 g/mol. The van der Waals surface area contributed by atoms with Crippen LogP contribution in [0.2, 0.25) is 0 Å². The minimum Gasteiger partial charge on any atom is -0.460 e. The van der Waals surface area contributed by atoms with Crippen molar-refractivity contribution in [3.63, 3.8) is 0 Å². The molecule has 0 unspecified atom stereocenters. The number of carbonyl (C=O) groups excluding carboxylic acids is 1. The first-order valence-electron chi connectivity index (χ1n) is 6.23. The van der Waals surface area contributed by atoms with E-state index in [1.54, 1.807) is 43.5 Å². The number of rotatable bonds is 5. The molecule has 0 aromatic heterocycles.